The smallest absolute Gasteiger partial charge is 0.270 e. The van der Waals surface area contributed by atoms with Crippen molar-refractivity contribution in [1.29, 1.82) is 0 Å². The lowest BCUT2D eigenvalue weighted by Crippen LogP contribution is -2.25. The molecule has 0 saturated carbocycles. The summed E-state index contributed by atoms with van der Waals surface area (Å²) < 4.78 is 6.65. The molecule has 3 aromatic rings. The number of methoxy groups -OCH3 is 1. The molecule has 0 spiro atoms. The van der Waals surface area contributed by atoms with Gasteiger partial charge in [-0.05, 0) is 36.1 Å². The second-order valence-electron chi connectivity index (χ2n) is 6.17. The lowest BCUT2D eigenvalue weighted by atomic mass is 10.2. The van der Waals surface area contributed by atoms with Crippen LogP contribution in [0.25, 0.3) is 5.69 Å². The maximum atomic E-state index is 12.8. The van der Waals surface area contributed by atoms with Crippen molar-refractivity contribution in [1.82, 2.24) is 14.9 Å². The second kappa shape index (κ2) is 9.90. The van der Waals surface area contributed by atoms with Gasteiger partial charge in [0.2, 0.25) is 5.91 Å². The molecule has 0 aliphatic carbocycles. The van der Waals surface area contributed by atoms with Gasteiger partial charge in [0.15, 0.2) is 5.16 Å². The van der Waals surface area contributed by atoms with Gasteiger partial charge in [-0.25, -0.2) is 4.98 Å². The molecule has 1 heterocycles. The topological polar surface area (TPSA) is 85.2 Å². The Morgan fingerprint density at radius 1 is 1.14 bits per heavy atom. The summed E-state index contributed by atoms with van der Waals surface area (Å²) >= 11 is 1.48. The third-order valence-corrected chi connectivity index (χ3v) is 4.75. The van der Waals surface area contributed by atoms with Gasteiger partial charge < -0.3 is 15.4 Å². The first-order chi connectivity index (χ1) is 14.1. The molecule has 0 unspecified atom stereocenters. The summed E-state index contributed by atoms with van der Waals surface area (Å²) in [7, 11) is 1.47. The molecule has 2 amide bonds. The number of benzene rings is 2. The maximum absolute atomic E-state index is 12.8. The van der Waals surface area contributed by atoms with E-state index < -0.39 is 0 Å². The molecular formula is C21H22N4O3S. The number of hydrogen-bond acceptors (Lipinski definition) is 5. The molecule has 2 aromatic carbocycles. The van der Waals surface area contributed by atoms with Crippen molar-refractivity contribution in [2.45, 2.75) is 11.7 Å². The van der Waals surface area contributed by atoms with Gasteiger partial charge in [0.05, 0.1) is 6.20 Å². The fraction of sp³-hybridized carbons (Fsp3) is 0.190. The fourth-order valence-corrected chi connectivity index (χ4v) is 3.37. The highest BCUT2D eigenvalue weighted by Crippen LogP contribution is 2.21. The Labute approximate surface area is 173 Å². The second-order valence-corrected chi connectivity index (χ2v) is 6.94. The minimum atomic E-state index is -0.231. The van der Waals surface area contributed by atoms with E-state index in [9.17, 15) is 9.59 Å². The molecule has 0 bridgehead atoms. The first-order valence-corrected chi connectivity index (χ1v) is 10.2. The summed E-state index contributed by atoms with van der Waals surface area (Å²) in [5.74, 6) is -0.458. The number of aromatic nitrogens is 2. The number of thioether (sulfide) groups is 1. The molecule has 0 radical (unpaired) electrons. The molecular weight excluding hydrogens is 388 g/mol. The van der Waals surface area contributed by atoms with Crippen molar-refractivity contribution in [3.8, 4) is 5.69 Å². The number of anilines is 1. The third-order valence-electron chi connectivity index (χ3n) is 4.10. The molecule has 8 heteroatoms. The number of carbonyl (C=O) groups is 2. The van der Waals surface area contributed by atoms with Gasteiger partial charge in [-0.15, -0.1) is 0 Å². The van der Waals surface area contributed by atoms with Crippen molar-refractivity contribution in [3.05, 3.63) is 72.1 Å². The first kappa shape index (κ1) is 20.6. The standard InChI is InChI=1S/C21H22N4O3S/c1-28-14-19(26)24-16-8-6-7-15(11-16)12-22-20(27)18-13-23-21(29-2)25(18)17-9-4-3-5-10-17/h3-11,13H,12,14H2,1-2H3,(H,22,27)(H,24,26). The average Bonchev–Trinajstić information content (AvgIpc) is 3.17. The number of nitrogens with one attached hydrogen (secondary N) is 2. The van der Waals surface area contributed by atoms with Crippen LogP contribution < -0.4 is 10.6 Å². The highest BCUT2D eigenvalue weighted by molar-refractivity contribution is 7.98. The van der Waals surface area contributed by atoms with Crippen molar-refractivity contribution in [3.63, 3.8) is 0 Å². The van der Waals surface area contributed by atoms with E-state index in [2.05, 4.69) is 15.6 Å². The predicted octanol–water partition coefficient (Wildman–Crippen LogP) is 3.11. The van der Waals surface area contributed by atoms with Crippen molar-refractivity contribution in [2.75, 3.05) is 25.3 Å². The number of rotatable bonds is 8. The molecule has 7 nitrogen and oxygen atoms in total. The van der Waals surface area contributed by atoms with Crippen LogP contribution in [0.2, 0.25) is 0 Å². The number of nitrogens with zero attached hydrogens (tertiary/aromatic N) is 2. The highest BCUT2D eigenvalue weighted by Gasteiger charge is 2.17. The molecule has 2 N–H and O–H groups in total. The maximum Gasteiger partial charge on any atom is 0.270 e. The normalized spacial score (nSPS) is 10.6. The summed E-state index contributed by atoms with van der Waals surface area (Å²) in [5.41, 5.74) is 2.86. The summed E-state index contributed by atoms with van der Waals surface area (Å²) in [5, 5.41) is 6.41. The Balaban J connectivity index is 1.72. The minimum absolute atomic E-state index is 0.0117. The number of amides is 2. The van der Waals surface area contributed by atoms with E-state index in [0.29, 0.717) is 17.9 Å². The Bertz CT molecular complexity index is 989. The van der Waals surface area contributed by atoms with Gasteiger partial charge in [0.25, 0.3) is 5.91 Å². The van der Waals surface area contributed by atoms with E-state index in [1.54, 1.807) is 12.3 Å². The minimum Gasteiger partial charge on any atom is -0.375 e. The SMILES string of the molecule is COCC(=O)Nc1cccc(CNC(=O)c2cnc(SC)n2-c2ccccc2)c1. The largest absolute Gasteiger partial charge is 0.375 e. The predicted molar refractivity (Wildman–Crippen MR) is 113 cm³/mol. The van der Waals surface area contributed by atoms with Crippen LogP contribution in [0.3, 0.4) is 0 Å². The number of imidazole rings is 1. The number of hydrogen-bond donors (Lipinski definition) is 2. The molecule has 0 fully saturated rings. The summed E-state index contributed by atoms with van der Waals surface area (Å²) in [4.78, 5) is 28.8. The monoisotopic (exact) mass is 410 g/mol. The number of para-hydroxylation sites is 1. The number of ether oxygens (including phenoxy) is 1. The van der Waals surface area contributed by atoms with E-state index in [4.69, 9.17) is 4.74 Å². The molecule has 0 saturated heterocycles. The molecule has 29 heavy (non-hydrogen) atoms. The van der Waals surface area contributed by atoms with Gasteiger partial charge in [-0.2, -0.15) is 0 Å². The van der Waals surface area contributed by atoms with Gasteiger partial charge in [-0.3, -0.25) is 14.2 Å². The lowest BCUT2D eigenvalue weighted by molar-refractivity contribution is -0.119. The van der Waals surface area contributed by atoms with E-state index in [-0.39, 0.29) is 18.4 Å². The third kappa shape index (κ3) is 5.24. The summed E-state index contributed by atoms with van der Waals surface area (Å²) in [6.45, 7) is 0.309. The number of carbonyl (C=O) groups excluding carboxylic acids is 2. The Morgan fingerprint density at radius 3 is 2.66 bits per heavy atom. The molecule has 1 aromatic heterocycles. The van der Waals surface area contributed by atoms with Crippen LogP contribution in [0.5, 0.6) is 0 Å². The van der Waals surface area contributed by atoms with E-state index >= 15 is 0 Å². The van der Waals surface area contributed by atoms with Crippen LogP contribution in [-0.4, -0.2) is 41.3 Å². The zero-order chi connectivity index (χ0) is 20.6. The van der Waals surface area contributed by atoms with Gasteiger partial charge in [-0.1, -0.05) is 42.1 Å². The quantitative estimate of drug-likeness (QED) is 0.558. The molecule has 0 atom stereocenters. The lowest BCUT2D eigenvalue weighted by Gasteiger charge is -2.12. The van der Waals surface area contributed by atoms with E-state index in [0.717, 1.165) is 16.4 Å². The van der Waals surface area contributed by atoms with Crippen molar-refractivity contribution < 1.29 is 14.3 Å². The van der Waals surface area contributed by atoms with Crippen LogP contribution >= 0.6 is 11.8 Å². The summed E-state index contributed by atoms with van der Waals surface area (Å²) in [6.07, 6.45) is 3.50. The molecule has 150 valence electrons. The Morgan fingerprint density at radius 2 is 1.93 bits per heavy atom. The van der Waals surface area contributed by atoms with Crippen molar-refractivity contribution >= 4 is 29.3 Å². The van der Waals surface area contributed by atoms with Crippen LogP contribution in [0.4, 0.5) is 5.69 Å². The van der Waals surface area contributed by atoms with Crippen LogP contribution in [0, 0.1) is 0 Å². The van der Waals surface area contributed by atoms with Crippen LogP contribution in [0.1, 0.15) is 16.1 Å². The Hall–Kier alpha value is -3.10. The Kier molecular flexibility index (Phi) is 7.04. The zero-order valence-corrected chi connectivity index (χ0v) is 17.0. The molecule has 0 aliphatic rings. The van der Waals surface area contributed by atoms with E-state index in [1.165, 1.54) is 18.9 Å². The van der Waals surface area contributed by atoms with Crippen LogP contribution in [-0.2, 0) is 16.1 Å². The van der Waals surface area contributed by atoms with Gasteiger partial charge in [0.1, 0.15) is 12.3 Å². The van der Waals surface area contributed by atoms with Crippen LogP contribution in [0.15, 0.2) is 66.0 Å². The molecule has 0 aliphatic heterocycles. The van der Waals surface area contributed by atoms with E-state index in [1.807, 2.05) is 59.4 Å². The molecule has 3 rings (SSSR count). The first-order valence-electron chi connectivity index (χ1n) is 8.95. The van der Waals surface area contributed by atoms with Crippen molar-refractivity contribution in [2.24, 2.45) is 0 Å². The fourth-order valence-electron chi connectivity index (χ4n) is 2.83. The zero-order valence-electron chi connectivity index (χ0n) is 16.2. The highest BCUT2D eigenvalue weighted by atomic mass is 32.2. The average molecular weight is 410 g/mol. The van der Waals surface area contributed by atoms with Gasteiger partial charge >= 0.3 is 0 Å². The van der Waals surface area contributed by atoms with Gasteiger partial charge in [0, 0.05) is 25.0 Å². The summed E-state index contributed by atoms with van der Waals surface area (Å²) in [6, 6.07) is 16.9.